The number of ether oxygens (including phenoxy) is 2. The van der Waals surface area contributed by atoms with Crippen molar-refractivity contribution in [3.05, 3.63) is 82.0 Å². The average Bonchev–Trinajstić information content (AvgIpc) is 3.57. The Morgan fingerprint density at radius 3 is 2.28 bits per heavy atom. The van der Waals surface area contributed by atoms with E-state index in [1.54, 1.807) is 37.5 Å². The predicted molar refractivity (Wildman–Crippen MR) is 176 cm³/mol. The highest BCUT2D eigenvalue weighted by Crippen LogP contribution is 2.21. The minimum absolute atomic E-state index is 0.0413. The fourth-order valence-corrected chi connectivity index (χ4v) is 6.53. The number of nitrogens with two attached hydrogens (primary N) is 1. The second-order valence-electron chi connectivity index (χ2n) is 11.1. The van der Waals surface area contributed by atoms with Gasteiger partial charge in [-0.3, -0.25) is 19.2 Å². The Morgan fingerprint density at radius 2 is 1.66 bits per heavy atom. The minimum Gasteiger partial charge on any atom is -0.497 e. The zero-order chi connectivity index (χ0) is 34.0. The third-order valence-corrected chi connectivity index (χ3v) is 9.76. The molecule has 4 rings (SSSR count). The Kier molecular flexibility index (Phi) is 12.5. The molecule has 2 aromatic carbocycles. The largest absolute Gasteiger partial charge is 0.497 e. The molecule has 0 saturated carbocycles. The van der Waals surface area contributed by atoms with Gasteiger partial charge in [0.15, 0.2) is 0 Å². The predicted octanol–water partition coefficient (Wildman–Crippen LogP) is 2.25. The van der Waals surface area contributed by atoms with Gasteiger partial charge in [0, 0.05) is 24.5 Å². The Balaban J connectivity index is 1.52. The second kappa shape index (κ2) is 16.5. The van der Waals surface area contributed by atoms with Crippen LogP contribution in [0.2, 0.25) is 0 Å². The number of piperazine rings is 1. The highest BCUT2D eigenvalue weighted by atomic mass is 32.2. The summed E-state index contributed by atoms with van der Waals surface area (Å²) in [7, 11) is -2.28. The van der Waals surface area contributed by atoms with Crippen molar-refractivity contribution >= 4 is 45.1 Å². The molecule has 1 fully saturated rings. The van der Waals surface area contributed by atoms with E-state index in [4.69, 9.17) is 14.6 Å². The fourth-order valence-electron chi connectivity index (χ4n) is 5.32. The van der Waals surface area contributed by atoms with Crippen LogP contribution in [0.5, 0.6) is 5.75 Å². The van der Waals surface area contributed by atoms with Gasteiger partial charge in [-0.05, 0) is 73.0 Å². The first-order chi connectivity index (χ1) is 22.5. The maximum absolute atomic E-state index is 13.9. The van der Waals surface area contributed by atoms with Crippen LogP contribution in [0.25, 0.3) is 0 Å². The van der Waals surface area contributed by atoms with Gasteiger partial charge in [-0.25, -0.2) is 13.6 Å². The van der Waals surface area contributed by atoms with Gasteiger partial charge in [0.05, 0.1) is 31.6 Å². The number of thiophene rings is 1. The monoisotopic (exact) mass is 684 g/mol. The Hall–Kier alpha value is -4.27. The number of sulfonamides is 1. The lowest BCUT2D eigenvalue weighted by Gasteiger charge is -2.40. The molecule has 0 bridgehead atoms. The van der Waals surface area contributed by atoms with Gasteiger partial charge in [0.2, 0.25) is 27.7 Å². The highest BCUT2D eigenvalue weighted by Gasteiger charge is 2.41. The maximum atomic E-state index is 13.9. The molecule has 12 nitrogen and oxygen atoms in total. The molecule has 2 N–H and O–H groups in total. The first-order valence-corrected chi connectivity index (χ1v) is 17.7. The average molecular weight is 685 g/mol. The van der Waals surface area contributed by atoms with Crippen LogP contribution in [-0.2, 0) is 53.2 Å². The van der Waals surface area contributed by atoms with E-state index in [2.05, 4.69) is 0 Å². The smallest absolute Gasteiger partial charge is 0.325 e. The van der Waals surface area contributed by atoms with Gasteiger partial charge in [0.1, 0.15) is 18.3 Å². The summed E-state index contributed by atoms with van der Waals surface area (Å²) in [5.41, 5.74) is 1.68. The van der Waals surface area contributed by atoms with E-state index in [1.807, 2.05) is 41.8 Å². The molecule has 1 atom stereocenters. The van der Waals surface area contributed by atoms with Crippen LogP contribution in [0.15, 0.2) is 70.9 Å². The van der Waals surface area contributed by atoms with Crippen molar-refractivity contribution in [1.82, 2.24) is 14.7 Å². The van der Waals surface area contributed by atoms with Crippen LogP contribution in [0.4, 0.5) is 0 Å². The van der Waals surface area contributed by atoms with E-state index in [0.29, 0.717) is 37.1 Å². The number of carbonyl (C=O) groups is 4. The summed E-state index contributed by atoms with van der Waals surface area (Å²) < 4.78 is 33.6. The molecule has 14 heteroatoms. The van der Waals surface area contributed by atoms with Crippen molar-refractivity contribution in [3.8, 4) is 5.75 Å². The number of rotatable bonds is 16. The van der Waals surface area contributed by atoms with Crippen LogP contribution in [0.3, 0.4) is 0 Å². The first kappa shape index (κ1) is 35.6. The first-order valence-electron chi connectivity index (χ1n) is 15.3. The standard InChI is InChI=1S/C33H40N4O8S2/c1-3-45-32(40)23-35(17-14-25-8-12-28(13-9-25)47(34,42)43)30(38)21-29-33(41)36(18-15-24-6-10-26(44-2)11-7-24)22-31(39)37(29)19-16-27-5-4-20-46-27/h4-13,20,29H,3,14-19,21-23H2,1-2H3,(H2,34,42,43). The summed E-state index contributed by atoms with van der Waals surface area (Å²) in [4.78, 5) is 59.1. The normalized spacial score (nSPS) is 15.1. The number of esters is 1. The van der Waals surface area contributed by atoms with Crippen LogP contribution in [0, 0.1) is 0 Å². The molecule has 252 valence electrons. The van der Waals surface area contributed by atoms with E-state index < -0.39 is 27.9 Å². The quantitative estimate of drug-likeness (QED) is 0.225. The van der Waals surface area contributed by atoms with E-state index in [-0.39, 0.29) is 55.9 Å². The number of hydrogen-bond donors (Lipinski definition) is 1. The summed E-state index contributed by atoms with van der Waals surface area (Å²) in [6.45, 7) is 2.02. The number of carbonyl (C=O) groups excluding carboxylic acids is 4. The van der Waals surface area contributed by atoms with Gasteiger partial charge in [-0.1, -0.05) is 30.3 Å². The van der Waals surface area contributed by atoms with Crippen LogP contribution in [0.1, 0.15) is 29.3 Å². The van der Waals surface area contributed by atoms with E-state index in [9.17, 15) is 27.6 Å². The Labute approximate surface area is 279 Å². The molecule has 0 aliphatic carbocycles. The number of primary sulfonamides is 1. The Morgan fingerprint density at radius 1 is 0.979 bits per heavy atom. The third-order valence-electron chi connectivity index (χ3n) is 7.90. The van der Waals surface area contributed by atoms with Gasteiger partial charge in [-0.15, -0.1) is 11.3 Å². The molecule has 1 saturated heterocycles. The molecule has 2 heterocycles. The summed E-state index contributed by atoms with van der Waals surface area (Å²) in [5.74, 6) is -0.950. The lowest BCUT2D eigenvalue weighted by Crippen LogP contribution is -2.61. The van der Waals surface area contributed by atoms with Crippen LogP contribution < -0.4 is 9.88 Å². The molecule has 1 unspecified atom stereocenters. The number of methoxy groups -OCH3 is 1. The molecular weight excluding hydrogens is 645 g/mol. The number of nitrogens with zero attached hydrogens (tertiary/aromatic N) is 3. The molecule has 3 aromatic rings. The third kappa shape index (κ3) is 10.1. The van der Waals surface area contributed by atoms with Gasteiger partial charge >= 0.3 is 5.97 Å². The van der Waals surface area contributed by atoms with Crippen molar-refractivity contribution in [2.75, 3.05) is 46.4 Å². The lowest BCUT2D eigenvalue weighted by molar-refractivity contribution is -0.158. The summed E-state index contributed by atoms with van der Waals surface area (Å²) in [6.07, 6.45) is 1.04. The SMILES string of the molecule is CCOC(=O)CN(CCc1ccc(S(N)(=O)=O)cc1)C(=O)CC1C(=O)N(CCc2ccc(OC)cc2)CC(=O)N1CCc1cccs1. The summed E-state index contributed by atoms with van der Waals surface area (Å²) in [6, 6.07) is 16.2. The lowest BCUT2D eigenvalue weighted by atomic mass is 10.0. The molecule has 3 amide bonds. The van der Waals surface area contributed by atoms with Crippen molar-refractivity contribution in [3.63, 3.8) is 0 Å². The molecule has 1 aliphatic heterocycles. The summed E-state index contributed by atoms with van der Waals surface area (Å²) >= 11 is 1.55. The number of amides is 3. The van der Waals surface area contributed by atoms with Crippen molar-refractivity contribution in [2.24, 2.45) is 5.14 Å². The molecule has 0 radical (unpaired) electrons. The van der Waals surface area contributed by atoms with Crippen molar-refractivity contribution < 1.29 is 37.1 Å². The summed E-state index contributed by atoms with van der Waals surface area (Å²) in [5, 5.41) is 7.14. The maximum Gasteiger partial charge on any atom is 0.325 e. The van der Waals surface area contributed by atoms with Crippen LogP contribution in [-0.4, -0.2) is 99.3 Å². The Bertz CT molecular complexity index is 1630. The minimum atomic E-state index is -3.86. The highest BCUT2D eigenvalue weighted by molar-refractivity contribution is 7.89. The topological polar surface area (TPSA) is 157 Å². The van der Waals surface area contributed by atoms with E-state index in [1.165, 1.54) is 26.8 Å². The van der Waals surface area contributed by atoms with E-state index in [0.717, 1.165) is 10.4 Å². The second-order valence-corrected chi connectivity index (χ2v) is 13.6. The molecule has 47 heavy (non-hydrogen) atoms. The van der Waals surface area contributed by atoms with Gasteiger partial charge in [0.25, 0.3) is 0 Å². The molecule has 1 aliphatic rings. The zero-order valence-electron chi connectivity index (χ0n) is 26.5. The zero-order valence-corrected chi connectivity index (χ0v) is 28.1. The van der Waals surface area contributed by atoms with Crippen molar-refractivity contribution in [2.45, 2.75) is 43.5 Å². The molecule has 1 aromatic heterocycles. The van der Waals surface area contributed by atoms with Crippen LogP contribution >= 0.6 is 11.3 Å². The number of benzene rings is 2. The molecular formula is C33H40N4O8S2. The van der Waals surface area contributed by atoms with E-state index >= 15 is 0 Å². The number of hydrogen-bond acceptors (Lipinski definition) is 9. The van der Waals surface area contributed by atoms with Crippen molar-refractivity contribution in [1.29, 1.82) is 0 Å². The van der Waals surface area contributed by atoms with Gasteiger partial charge in [-0.2, -0.15) is 0 Å². The fraction of sp³-hybridized carbons (Fsp3) is 0.394. The molecule has 0 spiro atoms. The van der Waals surface area contributed by atoms with Gasteiger partial charge < -0.3 is 24.2 Å².